The lowest BCUT2D eigenvalue weighted by molar-refractivity contribution is 0.319. The van der Waals surface area contributed by atoms with E-state index in [1.165, 1.54) is 12.1 Å². The summed E-state index contributed by atoms with van der Waals surface area (Å²) in [5, 5.41) is 3.17. The molecule has 0 saturated carbocycles. The molecule has 2 rings (SSSR count). The van der Waals surface area contributed by atoms with Crippen LogP contribution < -0.4 is 10.1 Å². The van der Waals surface area contributed by atoms with Crippen LogP contribution in [0.5, 0.6) is 5.75 Å². The van der Waals surface area contributed by atoms with Crippen molar-refractivity contribution in [2.24, 2.45) is 4.99 Å². The maximum absolute atomic E-state index is 12.9. The van der Waals surface area contributed by atoms with Crippen molar-refractivity contribution < 1.29 is 9.13 Å². The van der Waals surface area contributed by atoms with E-state index < -0.39 is 0 Å². The van der Waals surface area contributed by atoms with E-state index in [4.69, 9.17) is 4.74 Å². The third kappa shape index (κ3) is 4.32. The van der Waals surface area contributed by atoms with Gasteiger partial charge in [0.1, 0.15) is 18.2 Å². The van der Waals surface area contributed by atoms with Crippen LogP contribution in [0.15, 0.2) is 29.3 Å². The first kappa shape index (κ1) is 15.0. The molecule has 1 aromatic carbocycles. The molecule has 18 heavy (non-hydrogen) atoms. The third-order valence-corrected chi connectivity index (χ3v) is 2.51. The quantitative estimate of drug-likeness (QED) is 0.652. The maximum Gasteiger partial charge on any atom is 0.193 e. The Balaban J connectivity index is 0.00000162. The summed E-state index contributed by atoms with van der Waals surface area (Å²) in [6, 6.07) is 6.14. The maximum atomic E-state index is 12.9. The second kappa shape index (κ2) is 7.40. The van der Waals surface area contributed by atoms with E-state index in [-0.39, 0.29) is 29.8 Å². The summed E-state index contributed by atoms with van der Waals surface area (Å²) in [7, 11) is 1.99. The smallest absolute Gasteiger partial charge is 0.193 e. The van der Waals surface area contributed by atoms with E-state index in [9.17, 15) is 4.39 Å². The lowest BCUT2D eigenvalue weighted by atomic mass is 10.3. The van der Waals surface area contributed by atoms with Gasteiger partial charge in [0.2, 0.25) is 0 Å². The minimum absolute atomic E-state index is 0. The molecule has 0 bridgehead atoms. The second-order valence-electron chi connectivity index (χ2n) is 3.86. The number of ether oxygens (including phenoxy) is 1. The van der Waals surface area contributed by atoms with Crippen molar-refractivity contribution in [3.05, 3.63) is 30.1 Å². The van der Waals surface area contributed by atoms with Gasteiger partial charge in [0.15, 0.2) is 5.96 Å². The number of hydrogen-bond donors (Lipinski definition) is 1. The first-order chi connectivity index (χ1) is 8.25. The topological polar surface area (TPSA) is 36.9 Å². The fourth-order valence-electron chi connectivity index (χ4n) is 1.61. The summed E-state index contributed by atoms with van der Waals surface area (Å²) in [6.07, 6.45) is 0. The van der Waals surface area contributed by atoms with Crippen molar-refractivity contribution in [1.82, 2.24) is 10.2 Å². The minimum Gasteiger partial charge on any atom is -0.492 e. The molecule has 1 N–H and O–H groups in total. The lowest BCUT2D eigenvalue weighted by Gasteiger charge is -2.15. The summed E-state index contributed by atoms with van der Waals surface area (Å²) in [6.45, 7) is 2.92. The molecule has 6 heteroatoms. The molecule has 1 aliphatic rings. The molecule has 0 aromatic heterocycles. The minimum atomic E-state index is -0.282. The van der Waals surface area contributed by atoms with Crippen LogP contribution in [-0.2, 0) is 0 Å². The molecule has 1 aliphatic heterocycles. The zero-order chi connectivity index (χ0) is 12.1. The number of nitrogens with one attached hydrogen (secondary N) is 1. The van der Waals surface area contributed by atoms with Crippen LogP contribution in [0.2, 0.25) is 0 Å². The first-order valence-electron chi connectivity index (χ1n) is 5.63. The highest BCUT2D eigenvalue weighted by molar-refractivity contribution is 14.0. The van der Waals surface area contributed by atoms with Crippen LogP contribution in [-0.4, -0.2) is 44.1 Å². The Morgan fingerprint density at radius 1 is 1.50 bits per heavy atom. The molecule has 0 fully saturated rings. The summed E-state index contributed by atoms with van der Waals surface area (Å²) in [5.41, 5.74) is 0. The molecule has 100 valence electrons. The fraction of sp³-hybridized carbons (Fsp3) is 0.417. The fourth-order valence-corrected chi connectivity index (χ4v) is 1.61. The molecule has 4 nitrogen and oxygen atoms in total. The van der Waals surface area contributed by atoms with Crippen LogP contribution in [0, 0.1) is 5.82 Å². The Hall–Kier alpha value is -1.05. The zero-order valence-corrected chi connectivity index (χ0v) is 12.6. The molecule has 1 heterocycles. The number of benzene rings is 1. The van der Waals surface area contributed by atoms with Gasteiger partial charge in [0.25, 0.3) is 0 Å². The predicted molar refractivity (Wildman–Crippen MR) is 80.2 cm³/mol. The van der Waals surface area contributed by atoms with Crippen molar-refractivity contribution >= 4 is 29.9 Å². The van der Waals surface area contributed by atoms with E-state index >= 15 is 0 Å². The van der Waals surface area contributed by atoms with E-state index in [2.05, 4.69) is 15.2 Å². The predicted octanol–water partition coefficient (Wildman–Crippen LogP) is 1.71. The van der Waals surface area contributed by atoms with Gasteiger partial charge in [0, 0.05) is 19.7 Å². The van der Waals surface area contributed by atoms with Gasteiger partial charge in [-0.25, -0.2) is 4.39 Å². The largest absolute Gasteiger partial charge is 0.492 e. The number of nitrogens with zero attached hydrogens (tertiary/aromatic N) is 2. The Morgan fingerprint density at radius 2 is 2.33 bits per heavy atom. The molecule has 1 aromatic rings. The molecule has 0 amide bonds. The molecule has 0 saturated heterocycles. The van der Waals surface area contributed by atoms with Crippen molar-refractivity contribution in [2.75, 3.05) is 33.3 Å². The van der Waals surface area contributed by atoms with Crippen LogP contribution >= 0.6 is 24.0 Å². The van der Waals surface area contributed by atoms with Crippen LogP contribution in [0.25, 0.3) is 0 Å². The molecular weight excluding hydrogens is 348 g/mol. The highest BCUT2D eigenvalue weighted by Gasteiger charge is 2.10. The monoisotopic (exact) mass is 365 g/mol. The molecule has 0 aliphatic carbocycles. The van der Waals surface area contributed by atoms with Crippen molar-refractivity contribution in [1.29, 1.82) is 0 Å². The van der Waals surface area contributed by atoms with Crippen LogP contribution in [0.1, 0.15) is 0 Å². The number of hydrogen-bond acceptors (Lipinski definition) is 4. The van der Waals surface area contributed by atoms with Gasteiger partial charge in [0.05, 0.1) is 13.1 Å². The van der Waals surface area contributed by atoms with E-state index in [0.29, 0.717) is 18.9 Å². The van der Waals surface area contributed by atoms with Gasteiger partial charge in [-0.15, -0.1) is 24.0 Å². The first-order valence-corrected chi connectivity index (χ1v) is 5.63. The SMILES string of the molecule is CN1CCN=C1NCCOc1cccc(F)c1.I. The van der Waals surface area contributed by atoms with Crippen molar-refractivity contribution in [3.63, 3.8) is 0 Å². The Bertz CT molecular complexity index is 414. The number of halogens is 2. The van der Waals surface area contributed by atoms with Gasteiger partial charge >= 0.3 is 0 Å². The number of aliphatic imine (C=N–C) groups is 1. The van der Waals surface area contributed by atoms with Gasteiger partial charge in [-0.05, 0) is 12.1 Å². The van der Waals surface area contributed by atoms with E-state index in [1.807, 2.05) is 7.05 Å². The highest BCUT2D eigenvalue weighted by atomic mass is 127. The normalized spacial score (nSPS) is 13.9. The Kier molecular flexibility index (Phi) is 6.17. The van der Waals surface area contributed by atoms with Gasteiger partial charge in [-0.1, -0.05) is 6.07 Å². The van der Waals surface area contributed by atoms with Gasteiger partial charge in [-0.3, -0.25) is 4.99 Å². The van der Waals surface area contributed by atoms with Gasteiger partial charge in [-0.2, -0.15) is 0 Å². The molecule has 0 atom stereocenters. The molecular formula is C12H17FIN3O. The average molecular weight is 365 g/mol. The average Bonchev–Trinajstić information content (AvgIpc) is 2.71. The zero-order valence-electron chi connectivity index (χ0n) is 10.2. The Labute approximate surface area is 123 Å². The Morgan fingerprint density at radius 3 is 3.00 bits per heavy atom. The number of guanidine groups is 1. The third-order valence-electron chi connectivity index (χ3n) is 2.51. The standard InChI is InChI=1S/C12H16FN3O.HI/c1-16-7-5-14-12(16)15-6-8-17-11-4-2-3-10(13)9-11;/h2-4,9H,5-8H2,1H3,(H,14,15);1H. The van der Waals surface area contributed by atoms with E-state index in [1.54, 1.807) is 12.1 Å². The number of rotatable bonds is 4. The van der Waals surface area contributed by atoms with Crippen LogP contribution in [0.3, 0.4) is 0 Å². The van der Waals surface area contributed by atoms with E-state index in [0.717, 1.165) is 19.0 Å². The van der Waals surface area contributed by atoms with Crippen molar-refractivity contribution in [2.45, 2.75) is 0 Å². The summed E-state index contributed by atoms with van der Waals surface area (Å²) < 4.78 is 18.3. The summed E-state index contributed by atoms with van der Waals surface area (Å²) in [4.78, 5) is 6.35. The molecule has 0 spiro atoms. The van der Waals surface area contributed by atoms with Crippen molar-refractivity contribution in [3.8, 4) is 5.75 Å². The summed E-state index contributed by atoms with van der Waals surface area (Å²) in [5.74, 6) is 1.16. The molecule has 0 radical (unpaired) electrons. The van der Waals surface area contributed by atoms with Gasteiger partial charge < -0.3 is 15.0 Å². The molecule has 0 unspecified atom stereocenters. The lowest BCUT2D eigenvalue weighted by Crippen LogP contribution is -2.37. The van der Waals surface area contributed by atoms with Crippen LogP contribution in [0.4, 0.5) is 4.39 Å². The summed E-state index contributed by atoms with van der Waals surface area (Å²) >= 11 is 0. The highest BCUT2D eigenvalue weighted by Crippen LogP contribution is 2.11. The number of likely N-dealkylation sites (N-methyl/N-ethyl adjacent to an activating group) is 1. The second-order valence-corrected chi connectivity index (χ2v) is 3.86.